The molecule has 2 amide bonds. The van der Waals surface area contributed by atoms with Gasteiger partial charge in [0.05, 0.1) is 12.0 Å². The fourth-order valence-electron chi connectivity index (χ4n) is 3.29. The van der Waals surface area contributed by atoms with Gasteiger partial charge in [0.1, 0.15) is 0 Å². The number of primary amides is 1. The van der Waals surface area contributed by atoms with E-state index in [1.165, 1.54) is 0 Å². The Morgan fingerprint density at radius 3 is 2.77 bits per heavy atom. The molecule has 22 heavy (non-hydrogen) atoms. The highest BCUT2D eigenvalue weighted by molar-refractivity contribution is 5.92. The van der Waals surface area contributed by atoms with Crippen LogP contribution in [0.5, 0.6) is 0 Å². The lowest BCUT2D eigenvalue weighted by molar-refractivity contribution is -0.137. The van der Waals surface area contributed by atoms with Gasteiger partial charge in [-0.2, -0.15) is 0 Å². The fourth-order valence-corrected chi connectivity index (χ4v) is 3.29. The molecule has 1 aromatic rings. The van der Waals surface area contributed by atoms with Crippen molar-refractivity contribution in [3.63, 3.8) is 0 Å². The molecular formula is C17H22N2O3. The third kappa shape index (κ3) is 2.86. The highest BCUT2D eigenvalue weighted by Crippen LogP contribution is 2.47. The predicted molar refractivity (Wildman–Crippen MR) is 82.1 cm³/mol. The molecule has 0 aromatic heterocycles. The van der Waals surface area contributed by atoms with Crippen LogP contribution in [0.2, 0.25) is 0 Å². The van der Waals surface area contributed by atoms with Gasteiger partial charge in [0, 0.05) is 18.7 Å². The number of nitrogens with zero attached hydrogens (tertiary/aromatic N) is 1. The Hall–Kier alpha value is -1.88. The first-order valence-corrected chi connectivity index (χ1v) is 7.83. The van der Waals surface area contributed by atoms with Crippen LogP contribution in [-0.2, 0) is 11.2 Å². The Balaban J connectivity index is 1.60. The molecule has 3 rings (SSSR count). The summed E-state index contributed by atoms with van der Waals surface area (Å²) in [6.07, 6.45) is 3.43. The maximum Gasteiger partial charge on any atom is 0.248 e. The molecule has 1 heterocycles. The number of likely N-dealkylation sites (tertiary alicyclic amines) is 1. The monoisotopic (exact) mass is 302 g/mol. The molecule has 1 unspecified atom stereocenters. The molecule has 1 saturated carbocycles. The van der Waals surface area contributed by atoms with E-state index in [-0.39, 0.29) is 12.5 Å². The number of hydrogen-bond donors (Lipinski definition) is 2. The molecule has 1 aliphatic heterocycles. The second-order valence-corrected chi connectivity index (χ2v) is 6.61. The number of benzene rings is 1. The lowest BCUT2D eigenvalue weighted by Crippen LogP contribution is -2.37. The van der Waals surface area contributed by atoms with Crippen molar-refractivity contribution in [2.24, 2.45) is 17.1 Å². The van der Waals surface area contributed by atoms with Gasteiger partial charge in [-0.15, -0.1) is 0 Å². The van der Waals surface area contributed by atoms with Crippen LogP contribution < -0.4 is 5.73 Å². The molecule has 1 atom stereocenters. The first-order chi connectivity index (χ1) is 10.5. The minimum atomic E-state index is -0.471. The zero-order valence-corrected chi connectivity index (χ0v) is 12.6. The second kappa shape index (κ2) is 5.72. The summed E-state index contributed by atoms with van der Waals surface area (Å²) >= 11 is 0. The van der Waals surface area contributed by atoms with Crippen LogP contribution >= 0.6 is 0 Å². The van der Waals surface area contributed by atoms with Gasteiger partial charge in [0.2, 0.25) is 11.8 Å². The summed E-state index contributed by atoms with van der Waals surface area (Å²) < 4.78 is 0. The van der Waals surface area contributed by atoms with Crippen LogP contribution in [-0.4, -0.2) is 41.5 Å². The molecule has 3 N–H and O–H groups in total. The van der Waals surface area contributed by atoms with Crippen molar-refractivity contribution in [1.82, 2.24) is 4.90 Å². The van der Waals surface area contributed by atoms with Gasteiger partial charge < -0.3 is 15.7 Å². The van der Waals surface area contributed by atoms with E-state index in [9.17, 15) is 14.7 Å². The summed E-state index contributed by atoms with van der Waals surface area (Å²) in [4.78, 5) is 25.5. The largest absolute Gasteiger partial charge is 0.395 e. The van der Waals surface area contributed by atoms with E-state index in [0.29, 0.717) is 11.5 Å². The summed E-state index contributed by atoms with van der Waals surface area (Å²) in [5.41, 5.74) is 6.45. The summed E-state index contributed by atoms with van der Waals surface area (Å²) in [6, 6.07) is 7.39. The molecule has 5 heteroatoms. The third-order valence-corrected chi connectivity index (χ3v) is 4.92. The van der Waals surface area contributed by atoms with Crippen molar-refractivity contribution < 1.29 is 14.7 Å². The van der Waals surface area contributed by atoms with E-state index in [4.69, 9.17) is 5.73 Å². The number of carbonyl (C=O) groups excluding carboxylic acids is 2. The lowest BCUT2D eigenvalue weighted by atomic mass is 9.97. The average Bonchev–Trinajstić information content (AvgIpc) is 3.19. The number of rotatable bonds is 5. The number of amides is 2. The van der Waals surface area contributed by atoms with Crippen LogP contribution in [0.4, 0.5) is 0 Å². The molecule has 2 aliphatic rings. The summed E-state index contributed by atoms with van der Waals surface area (Å²) in [6.45, 7) is 1.47. The number of nitrogens with two attached hydrogens (primary N) is 1. The van der Waals surface area contributed by atoms with Gasteiger partial charge in [-0.1, -0.05) is 12.1 Å². The average molecular weight is 302 g/mol. The molecule has 0 spiro atoms. The standard InChI is InChI=1S/C17H22N2O3/c18-15(21)14-3-1-2-12(9-14)8-13-4-7-19(10-13)16(22)17(11-20)5-6-17/h1-3,9,13,20H,4-8,10-11H2,(H2,18,21). The first kappa shape index (κ1) is 15.0. The van der Waals surface area contributed by atoms with Gasteiger partial charge >= 0.3 is 0 Å². The van der Waals surface area contributed by atoms with Crippen LogP contribution in [0, 0.1) is 11.3 Å². The van der Waals surface area contributed by atoms with Gasteiger partial charge in [-0.25, -0.2) is 0 Å². The molecular weight excluding hydrogens is 280 g/mol. The van der Waals surface area contributed by atoms with Crippen LogP contribution in [0.25, 0.3) is 0 Å². The maximum absolute atomic E-state index is 12.4. The quantitative estimate of drug-likeness (QED) is 0.849. The number of aliphatic hydroxyl groups excluding tert-OH is 1. The van der Waals surface area contributed by atoms with Crippen molar-refractivity contribution in [2.75, 3.05) is 19.7 Å². The van der Waals surface area contributed by atoms with E-state index < -0.39 is 11.3 Å². The van der Waals surface area contributed by atoms with Gasteiger partial charge in [0.15, 0.2) is 0 Å². The molecule has 0 bridgehead atoms. The van der Waals surface area contributed by atoms with Crippen molar-refractivity contribution in [1.29, 1.82) is 0 Å². The molecule has 1 aromatic carbocycles. The number of hydrogen-bond acceptors (Lipinski definition) is 3. The van der Waals surface area contributed by atoms with Crippen molar-refractivity contribution in [2.45, 2.75) is 25.7 Å². The summed E-state index contributed by atoms with van der Waals surface area (Å²) in [5.74, 6) is 0.105. The lowest BCUT2D eigenvalue weighted by Gasteiger charge is -2.21. The normalized spacial score (nSPS) is 22.6. The van der Waals surface area contributed by atoms with Gasteiger partial charge in [-0.05, 0) is 49.3 Å². The number of carbonyl (C=O) groups is 2. The molecule has 0 radical (unpaired) electrons. The van der Waals surface area contributed by atoms with E-state index in [2.05, 4.69) is 0 Å². The minimum absolute atomic E-state index is 0.0341. The SMILES string of the molecule is NC(=O)c1cccc(CC2CCN(C(=O)C3(CO)CC3)C2)c1. The Kier molecular flexibility index (Phi) is 3.91. The third-order valence-electron chi connectivity index (χ3n) is 4.92. The summed E-state index contributed by atoms with van der Waals surface area (Å²) in [5, 5.41) is 9.38. The fraction of sp³-hybridized carbons (Fsp3) is 0.529. The highest BCUT2D eigenvalue weighted by atomic mass is 16.3. The Morgan fingerprint density at radius 1 is 1.36 bits per heavy atom. The van der Waals surface area contributed by atoms with E-state index in [1.807, 2.05) is 23.1 Å². The Labute approximate surface area is 130 Å². The van der Waals surface area contributed by atoms with Crippen LogP contribution in [0.15, 0.2) is 24.3 Å². The zero-order valence-electron chi connectivity index (χ0n) is 12.6. The van der Waals surface area contributed by atoms with E-state index in [1.54, 1.807) is 6.07 Å². The van der Waals surface area contributed by atoms with E-state index >= 15 is 0 Å². The molecule has 1 saturated heterocycles. The minimum Gasteiger partial charge on any atom is -0.395 e. The highest BCUT2D eigenvalue weighted by Gasteiger charge is 2.52. The Morgan fingerprint density at radius 2 is 2.14 bits per heavy atom. The smallest absolute Gasteiger partial charge is 0.248 e. The van der Waals surface area contributed by atoms with Crippen LogP contribution in [0.1, 0.15) is 35.2 Å². The Bertz CT molecular complexity index is 595. The maximum atomic E-state index is 12.4. The van der Waals surface area contributed by atoms with Gasteiger partial charge in [-0.3, -0.25) is 9.59 Å². The molecule has 118 valence electrons. The van der Waals surface area contributed by atoms with Crippen molar-refractivity contribution in [3.05, 3.63) is 35.4 Å². The second-order valence-electron chi connectivity index (χ2n) is 6.61. The first-order valence-electron chi connectivity index (χ1n) is 7.83. The topological polar surface area (TPSA) is 83.6 Å². The van der Waals surface area contributed by atoms with Crippen LogP contribution in [0.3, 0.4) is 0 Å². The van der Waals surface area contributed by atoms with Crippen molar-refractivity contribution in [3.8, 4) is 0 Å². The van der Waals surface area contributed by atoms with E-state index in [0.717, 1.165) is 44.3 Å². The number of aliphatic hydroxyl groups is 1. The summed E-state index contributed by atoms with van der Waals surface area (Å²) in [7, 11) is 0. The predicted octanol–water partition coefficient (Wildman–Crippen LogP) is 0.949. The van der Waals surface area contributed by atoms with Gasteiger partial charge in [0.25, 0.3) is 0 Å². The van der Waals surface area contributed by atoms with Crippen molar-refractivity contribution >= 4 is 11.8 Å². The molecule has 1 aliphatic carbocycles. The molecule has 5 nitrogen and oxygen atoms in total. The zero-order chi connectivity index (χ0) is 15.7. The molecule has 2 fully saturated rings.